The Bertz CT molecular complexity index is 806. The lowest BCUT2D eigenvalue weighted by molar-refractivity contribution is -0.157. The Morgan fingerprint density at radius 3 is 1.36 bits per heavy atom. The van der Waals surface area contributed by atoms with Crippen molar-refractivity contribution in [3.63, 3.8) is 0 Å². The fourth-order valence-electron chi connectivity index (χ4n) is 5.01. The van der Waals surface area contributed by atoms with E-state index in [-0.39, 0.29) is 12.8 Å². The second kappa shape index (κ2) is 34.5. The van der Waals surface area contributed by atoms with Gasteiger partial charge in [0, 0.05) is 15.6 Å². The number of allylic oxidation sites excluding steroid dienone is 2. The maximum Gasteiger partial charge on any atom is 0.306 e. The van der Waals surface area contributed by atoms with Crippen LogP contribution in [-0.2, 0) is 19.1 Å². The number of carbonyl (C=O) groups is 2. The summed E-state index contributed by atoms with van der Waals surface area (Å²) in [4.78, 5) is 24.9. The van der Waals surface area contributed by atoms with Crippen LogP contribution in [0.4, 0.5) is 0 Å². The molecule has 0 aliphatic carbocycles. The SMILES string of the molecule is [2H]C([2H])(Cl)C([2H])(OC(=O)CCCCCCCCCCCCCCC)C([2H])([2H])OC(=O)CCCCCCC/C=C\CCCCCCCC. The van der Waals surface area contributed by atoms with Gasteiger partial charge in [-0.15, -0.1) is 11.6 Å². The number of alkyl halides is 1. The monoisotopic (exact) mass is 618 g/mol. The van der Waals surface area contributed by atoms with Crippen molar-refractivity contribution in [3.05, 3.63) is 12.2 Å². The van der Waals surface area contributed by atoms with Crippen LogP contribution in [0.25, 0.3) is 0 Å². The van der Waals surface area contributed by atoms with Gasteiger partial charge in [0.05, 0.1) is 9.94 Å². The van der Waals surface area contributed by atoms with E-state index < -0.39 is 30.4 Å². The summed E-state index contributed by atoms with van der Waals surface area (Å²) in [5.74, 6) is -4.99. The zero-order chi connectivity index (χ0) is 35.3. The molecule has 0 fully saturated rings. The summed E-state index contributed by atoms with van der Waals surface area (Å²) in [7, 11) is 0. The summed E-state index contributed by atoms with van der Waals surface area (Å²) in [6.07, 6.45) is 30.3. The molecule has 0 aromatic carbocycles. The van der Waals surface area contributed by atoms with Crippen LogP contribution in [0.2, 0.25) is 0 Å². The minimum absolute atomic E-state index is 0.0774. The Morgan fingerprint density at radius 1 is 0.595 bits per heavy atom. The molecule has 0 rings (SSSR count). The zero-order valence-electron chi connectivity index (χ0n) is 32.5. The van der Waals surface area contributed by atoms with Gasteiger partial charge in [-0.1, -0.05) is 154 Å². The summed E-state index contributed by atoms with van der Waals surface area (Å²) in [5.41, 5.74) is 0. The third-order valence-corrected chi connectivity index (χ3v) is 7.86. The summed E-state index contributed by atoms with van der Waals surface area (Å²) >= 11 is 5.72. The van der Waals surface area contributed by atoms with E-state index in [1.165, 1.54) is 89.9 Å². The van der Waals surface area contributed by atoms with Crippen molar-refractivity contribution in [1.82, 2.24) is 0 Å². The summed E-state index contributed by atoms with van der Waals surface area (Å²) in [5, 5.41) is 0. The highest BCUT2D eigenvalue weighted by atomic mass is 35.5. The van der Waals surface area contributed by atoms with Gasteiger partial charge in [-0.2, -0.15) is 0 Å². The molecule has 0 aromatic heterocycles. The van der Waals surface area contributed by atoms with Crippen LogP contribution in [0, 0.1) is 0 Å². The lowest BCUT2D eigenvalue weighted by atomic mass is 10.0. The van der Waals surface area contributed by atoms with Gasteiger partial charge in [-0.3, -0.25) is 9.59 Å². The van der Waals surface area contributed by atoms with E-state index in [4.69, 9.17) is 27.9 Å². The van der Waals surface area contributed by atoms with Gasteiger partial charge in [-0.05, 0) is 38.5 Å². The average Bonchev–Trinajstić information content (AvgIpc) is 3.00. The number of hydrogen-bond donors (Lipinski definition) is 0. The predicted molar refractivity (Wildman–Crippen MR) is 181 cm³/mol. The van der Waals surface area contributed by atoms with E-state index in [0.717, 1.165) is 64.2 Å². The van der Waals surface area contributed by atoms with E-state index in [0.29, 0.717) is 12.8 Å². The molecular weight excluding hydrogens is 544 g/mol. The minimum atomic E-state index is -3.27. The molecule has 42 heavy (non-hydrogen) atoms. The van der Waals surface area contributed by atoms with Gasteiger partial charge in [0.15, 0.2) is 0 Å². The first kappa shape index (κ1) is 32.4. The van der Waals surface area contributed by atoms with Crippen molar-refractivity contribution < 1.29 is 25.9 Å². The van der Waals surface area contributed by atoms with Crippen molar-refractivity contribution in [2.24, 2.45) is 0 Å². The smallest absolute Gasteiger partial charge is 0.306 e. The van der Waals surface area contributed by atoms with Crippen LogP contribution in [0.1, 0.15) is 200 Å². The van der Waals surface area contributed by atoms with E-state index in [9.17, 15) is 9.59 Å². The van der Waals surface area contributed by atoms with Crippen molar-refractivity contribution in [1.29, 1.82) is 0 Å². The highest BCUT2D eigenvalue weighted by Gasteiger charge is 2.16. The van der Waals surface area contributed by atoms with Crippen LogP contribution in [0.5, 0.6) is 0 Å². The summed E-state index contributed by atoms with van der Waals surface area (Å²) in [6, 6.07) is 0. The fourth-order valence-corrected chi connectivity index (χ4v) is 5.08. The van der Waals surface area contributed by atoms with Gasteiger partial charge in [0.25, 0.3) is 0 Å². The molecule has 0 spiro atoms. The normalized spacial score (nSPS) is 15.4. The van der Waals surface area contributed by atoms with Crippen molar-refractivity contribution in [2.45, 2.75) is 200 Å². The molecule has 0 radical (unpaired) electrons. The zero-order valence-corrected chi connectivity index (χ0v) is 28.2. The second-order valence-electron chi connectivity index (χ2n) is 11.8. The first-order valence-electron chi connectivity index (χ1n) is 20.2. The first-order chi connectivity index (χ1) is 22.4. The number of unbranched alkanes of at least 4 members (excludes halogenated alkanes) is 23. The molecule has 4 nitrogen and oxygen atoms in total. The van der Waals surface area contributed by atoms with Gasteiger partial charge in [-0.25, -0.2) is 0 Å². The van der Waals surface area contributed by atoms with Crippen molar-refractivity contribution in [3.8, 4) is 0 Å². The molecule has 0 saturated carbocycles. The number of ether oxygens (including phenoxy) is 2. The number of halogens is 1. The number of esters is 2. The fraction of sp³-hybridized carbons (Fsp3) is 0.892. The maximum absolute atomic E-state index is 12.5. The van der Waals surface area contributed by atoms with E-state index >= 15 is 0 Å². The molecule has 0 amide bonds. The molecule has 0 bridgehead atoms. The van der Waals surface area contributed by atoms with E-state index in [1.807, 2.05) is 0 Å². The molecular formula is C37H69ClO4. The molecule has 0 saturated heterocycles. The molecule has 1 unspecified atom stereocenters. The molecule has 0 N–H and O–H groups in total. The third-order valence-electron chi connectivity index (χ3n) is 7.69. The van der Waals surface area contributed by atoms with Crippen LogP contribution in [-0.4, -0.2) is 30.4 Å². The van der Waals surface area contributed by atoms with Crippen LogP contribution in [0.15, 0.2) is 12.2 Å². The van der Waals surface area contributed by atoms with Gasteiger partial charge >= 0.3 is 11.9 Å². The molecule has 5 heteroatoms. The van der Waals surface area contributed by atoms with Gasteiger partial charge in [0.1, 0.15) is 12.6 Å². The highest BCUT2D eigenvalue weighted by molar-refractivity contribution is 6.18. The molecule has 1 atom stereocenters. The van der Waals surface area contributed by atoms with Gasteiger partial charge < -0.3 is 9.47 Å². The number of carbonyl (C=O) groups excluding carboxylic acids is 2. The Labute approximate surface area is 273 Å². The van der Waals surface area contributed by atoms with E-state index in [2.05, 4.69) is 26.0 Å². The maximum atomic E-state index is 12.5. The number of hydrogen-bond acceptors (Lipinski definition) is 4. The Balaban J connectivity index is 4.23. The lowest BCUT2D eigenvalue weighted by Gasteiger charge is -2.15. The molecule has 0 aliphatic rings. The summed E-state index contributed by atoms with van der Waals surface area (Å²) < 4.78 is 50.1. The molecule has 0 heterocycles. The van der Waals surface area contributed by atoms with Crippen LogP contribution >= 0.6 is 11.6 Å². The average molecular weight is 618 g/mol. The third kappa shape index (κ3) is 31.9. The standard InChI is InChI=1S/C37H69ClO4/c1-3-5-7-9-11-13-15-17-18-20-21-23-25-27-29-31-36(39)41-34-35(33-38)42-37(40)32-30-28-26-24-22-19-16-14-12-10-8-6-4-2/h17-18,35H,3-16,19-34H2,1-2H3/b18-17-/i33D2,34D2,35D. The Morgan fingerprint density at radius 2 is 0.952 bits per heavy atom. The number of rotatable bonds is 33. The largest absolute Gasteiger partial charge is 0.462 e. The topological polar surface area (TPSA) is 52.6 Å². The molecule has 0 aromatic rings. The van der Waals surface area contributed by atoms with Crippen LogP contribution in [0.3, 0.4) is 0 Å². The lowest BCUT2D eigenvalue weighted by Crippen LogP contribution is -2.26. The Hall–Kier alpha value is -1.03. The van der Waals surface area contributed by atoms with Crippen LogP contribution < -0.4 is 0 Å². The molecule has 248 valence electrons. The first-order valence-corrected chi connectivity index (χ1v) is 18.1. The van der Waals surface area contributed by atoms with Crippen molar-refractivity contribution in [2.75, 3.05) is 12.4 Å². The van der Waals surface area contributed by atoms with E-state index in [1.54, 1.807) is 0 Å². The predicted octanol–water partition coefficient (Wildman–Crippen LogP) is 12.2. The minimum Gasteiger partial charge on any atom is -0.462 e. The molecule has 0 aliphatic heterocycles. The quantitative estimate of drug-likeness (QED) is 0.0318. The summed E-state index contributed by atoms with van der Waals surface area (Å²) in [6.45, 7) is 1.18. The van der Waals surface area contributed by atoms with Gasteiger partial charge in [0.2, 0.25) is 0 Å². The van der Waals surface area contributed by atoms with Crippen molar-refractivity contribution >= 4 is 23.5 Å². The second-order valence-corrected chi connectivity index (χ2v) is 12.0. The highest BCUT2D eigenvalue weighted by Crippen LogP contribution is 2.14. The Kier molecular flexibility index (Phi) is 26.6.